The number of halogens is 1. The minimum atomic E-state index is 0.796. The van der Waals surface area contributed by atoms with Crippen LogP contribution < -0.4 is 4.48 Å². The van der Waals surface area contributed by atoms with Gasteiger partial charge in [0.2, 0.25) is 0 Å². The Morgan fingerprint density at radius 3 is 2.12 bits per heavy atom. The molecule has 2 aromatic rings. The molecule has 2 rings (SSSR count). The Hall–Kier alpha value is -1.31. The molecule has 0 saturated heterocycles. The molecule has 1 nitrogen and oxygen atoms in total. The van der Waals surface area contributed by atoms with Crippen molar-refractivity contribution in [3.63, 3.8) is 0 Å². The lowest BCUT2D eigenvalue weighted by atomic mass is 10.1. The minimum absolute atomic E-state index is 0.796. The van der Waals surface area contributed by atoms with Gasteiger partial charge >= 0.3 is 0 Å². The Morgan fingerprint density at radius 2 is 1.47 bits per heavy atom. The molecule has 0 aromatic heterocycles. The minimum Gasteiger partial charge on any atom is -0.292 e. The van der Waals surface area contributed by atoms with Gasteiger partial charge < -0.3 is 0 Å². The predicted octanol–water partition coefficient (Wildman–Crippen LogP) is 4.11. The van der Waals surface area contributed by atoms with E-state index in [0.717, 1.165) is 16.1 Å². The molecular formula is C15H17ClN+. The largest absolute Gasteiger partial charge is 0.292 e. The molecule has 2 aromatic carbocycles. The summed E-state index contributed by atoms with van der Waals surface area (Å²) in [5.74, 6) is 0. The summed E-state index contributed by atoms with van der Waals surface area (Å²) in [6.07, 6.45) is 0. The molecule has 0 aliphatic carbocycles. The van der Waals surface area contributed by atoms with Crippen LogP contribution in [-0.2, 0) is 6.54 Å². The molecule has 0 heterocycles. The number of hydrogen-bond acceptors (Lipinski definition) is 0. The van der Waals surface area contributed by atoms with Crippen LogP contribution in [0.2, 0.25) is 5.02 Å². The summed E-state index contributed by atoms with van der Waals surface area (Å²) in [5.41, 5.74) is 2.47. The van der Waals surface area contributed by atoms with E-state index in [9.17, 15) is 0 Å². The van der Waals surface area contributed by atoms with Gasteiger partial charge in [-0.3, -0.25) is 4.48 Å². The topological polar surface area (TPSA) is 0 Å². The van der Waals surface area contributed by atoms with E-state index in [2.05, 4.69) is 44.4 Å². The zero-order valence-electron chi connectivity index (χ0n) is 10.2. The van der Waals surface area contributed by atoms with Gasteiger partial charge in [0.05, 0.1) is 14.1 Å². The van der Waals surface area contributed by atoms with Crippen molar-refractivity contribution in [2.75, 3.05) is 14.1 Å². The molecule has 0 unspecified atom stereocenters. The molecule has 0 fully saturated rings. The van der Waals surface area contributed by atoms with E-state index in [1.54, 1.807) is 0 Å². The van der Waals surface area contributed by atoms with Crippen molar-refractivity contribution in [2.24, 2.45) is 0 Å². The highest BCUT2D eigenvalue weighted by Gasteiger charge is 2.20. The molecule has 0 saturated carbocycles. The van der Waals surface area contributed by atoms with Crippen LogP contribution in [0.1, 0.15) is 5.56 Å². The molecule has 17 heavy (non-hydrogen) atoms. The van der Waals surface area contributed by atoms with Gasteiger partial charge in [0, 0.05) is 10.6 Å². The van der Waals surface area contributed by atoms with Gasteiger partial charge in [-0.2, -0.15) is 0 Å². The summed E-state index contributed by atoms with van der Waals surface area (Å²) in [6.45, 7) is 0.893. The third kappa shape index (κ3) is 2.87. The Kier molecular flexibility index (Phi) is 3.51. The molecule has 0 bridgehead atoms. The summed E-state index contributed by atoms with van der Waals surface area (Å²) < 4.78 is 0.796. The summed E-state index contributed by atoms with van der Waals surface area (Å²) >= 11 is 6.21. The summed E-state index contributed by atoms with van der Waals surface area (Å²) in [5, 5.41) is 0.842. The van der Waals surface area contributed by atoms with Gasteiger partial charge in [-0.15, -0.1) is 0 Å². The first kappa shape index (κ1) is 12.2. The number of rotatable bonds is 3. The average molecular weight is 247 g/mol. The average Bonchev–Trinajstić information content (AvgIpc) is 2.33. The predicted molar refractivity (Wildman–Crippen MR) is 75.2 cm³/mol. The first-order chi connectivity index (χ1) is 8.09. The van der Waals surface area contributed by atoms with Gasteiger partial charge in [-0.25, -0.2) is 0 Å². The summed E-state index contributed by atoms with van der Waals surface area (Å²) in [6, 6.07) is 18.5. The second-order valence-corrected chi connectivity index (χ2v) is 5.18. The van der Waals surface area contributed by atoms with Gasteiger partial charge in [0.15, 0.2) is 0 Å². The quantitative estimate of drug-likeness (QED) is 0.715. The molecule has 88 valence electrons. The molecule has 0 N–H and O–H groups in total. The lowest BCUT2D eigenvalue weighted by Crippen LogP contribution is -2.39. The van der Waals surface area contributed by atoms with Crippen LogP contribution in [0.15, 0.2) is 54.6 Å². The van der Waals surface area contributed by atoms with Crippen molar-refractivity contribution in [2.45, 2.75) is 6.54 Å². The lowest BCUT2D eigenvalue weighted by Gasteiger charge is -2.29. The number of quaternary nitrogens is 1. The molecule has 0 radical (unpaired) electrons. The number of nitrogens with zero attached hydrogens (tertiary/aromatic N) is 1. The fraction of sp³-hybridized carbons (Fsp3) is 0.200. The zero-order valence-corrected chi connectivity index (χ0v) is 11.0. The lowest BCUT2D eigenvalue weighted by molar-refractivity contribution is 0.392. The number of benzene rings is 2. The van der Waals surface area contributed by atoms with Crippen LogP contribution in [0.4, 0.5) is 5.69 Å². The molecule has 2 heteroatoms. The van der Waals surface area contributed by atoms with E-state index in [4.69, 9.17) is 11.6 Å². The third-order valence-corrected chi connectivity index (χ3v) is 3.35. The summed E-state index contributed by atoms with van der Waals surface area (Å²) in [7, 11) is 4.39. The normalized spacial score (nSPS) is 11.5. The van der Waals surface area contributed by atoms with Gasteiger partial charge in [0.25, 0.3) is 0 Å². The van der Waals surface area contributed by atoms with Crippen molar-refractivity contribution in [3.8, 4) is 0 Å². The number of hydrogen-bond donors (Lipinski definition) is 0. The Morgan fingerprint density at radius 1 is 0.882 bits per heavy atom. The monoisotopic (exact) mass is 246 g/mol. The maximum absolute atomic E-state index is 6.21. The highest BCUT2D eigenvalue weighted by Crippen LogP contribution is 2.24. The summed E-state index contributed by atoms with van der Waals surface area (Å²) in [4.78, 5) is 0. The van der Waals surface area contributed by atoms with Crippen LogP contribution in [0.3, 0.4) is 0 Å². The smallest absolute Gasteiger partial charge is 0.132 e. The molecule has 0 aliphatic rings. The van der Waals surface area contributed by atoms with E-state index in [1.165, 1.54) is 11.3 Å². The molecule has 0 aliphatic heterocycles. The van der Waals surface area contributed by atoms with E-state index < -0.39 is 0 Å². The van der Waals surface area contributed by atoms with Gasteiger partial charge in [-0.1, -0.05) is 48.0 Å². The highest BCUT2D eigenvalue weighted by atomic mass is 35.5. The molecule has 0 atom stereocenters. The fourth-order valence-electron chi connectivity index (χ4n) is 1.98. The van der Waals surface area contributed by atoms with E-state index in [0.29, 0.717) is 0 Å². The maximum Gasteiger partial charge on any atom is 0.132 e. The van der Waals surface area contributed by atoms with E-state index >= 15 is 0 Å². The van der Waals surface area contributed by atoms with E-state index in [-0.39, 0.29) is 0 Å². The van der Waals surface area contributed by atoms with Crippen LogP contribution in [0, 0.1) is 0 Å². The first-order valence-electron chi connectivity index (χ1n) is 5.71. The molecule has 0 amide bonds. The highest BCUT2D eigenvalue weighted by molar-refractivity contribution is 6.31. The van der Waals surface area contributed by atoms with Crippen molar-refractivity contribution >= 4 is 17.3 Å². The third-order valence-electron chi connectivity index (χ3n) is 2.98. The van der Waals surface area contributed by atoms with E-state index in [1.807, 2.05) is 24.3 Å². The molecule has 0 spiro atoms. The van der Waals surface area contributed by atoms with Crippen molar-refractivity contribution in [1.82, 2.24) is 4.48 Å². The number of para-hydroxylation sites is 1. The Bertz CT molecular complexity index is 491. The Balaban J connectivity index is 2.27. The maximum atomic E-state index is 6.21. The van der Waals surface area contributed by atoms with Crippen molar-refractivity contribution < 1.29 is 0 Å². The van der Waals surface area contributed by atoms with Gasteiger partial charge in [-0.05, 0) is 18.2 Å². The second-order valence-electron chi connectivity index (χ2n) is 4.77. The van der Waals surface area contributed by atoms with Crippen LogP contribution >= 0.6 is 11.6 Å². The van der Waals surface area contributed by atoms with Gasteiger partial charge in [0.1, 0.15) is 12.2 Å². The van der Waals surface area contributed by atoms with Crippen molar-refractivity contribution in [1.29, 1.82) is 0 Å². The first-order valence-corrected chi connectivity index (χ1v) is 6.09. The zero-order chi connectivity index (χ0) is 12.3. The molecular weight excluding hydrogens is 230 g/mol. The van der Waals surface area contributed by atoms with Crippen LogP contribution in [0.25, 0.3) is 0 Å². The van der Waals surface area contributed by atoms with Crippen molar-refractivity contribution in [3.05, 3.63) is 65.2 Å². The standard InChI is InChI=1S/C15H17ClN/c1-17(2,14-9-4-3-5-10-14)12-13-8-6-7-11-15(13)16/h3-11H,12H2,1-2H3/q+1. The van der Waals surface area contributed by atoms with Crippen LogP contribution in [-0.4, -0.2) is 14.1 Å². The SMILES string of the molecule is C[N+](C)(Cc1ccccc1Cl)c1ccccc1. The second kappa shape index (κ2) is 4.91. The fourth-order valence-corrected chi connectivity index (χ4v) is 2.17. The van der Waals surface area contributed by atoms with Crippen LogP contribution in [0.5, 0.6) is 0 Å². The Labute approximate surface area is 108 Å².